The van der Waals surface area contributed by atoms with Gasteiger partial charge in [0.1, 0.15) is 17.9 Å². The van der Waals surface area contributed by atoms with E-state index in [4.69, 9.17) is 4.74 Å². The molecule has 47 heavy (non-hydrogen) atoms. The predicted molar refractivity (Wildman–Crippen MR) is 149 cm³/mol. The maximum atomic E-state index is 14.1. The summed E-state index contributed by atoms with van der Waals surface area (Å²) in [7, 11) is 0. The molecule has 0 atom stereocenters. The molecule has 3 heterocycles. The number of carboxylic acids is 1. The number of carboxylic acid groups (broad SMARTS) is 1. The highest BCUT2D eigenvalue weighted by Crippen LogP contribution is 2.42. The average molecular weight is 673 g/mol. The van der Waals surface area contributed by atoms with Crippen molar-refractivity contribution in [2.45, 2.75) is 43.9 Å². The lowest BCUT2D eigenvalue weighted by Crippen LogP contribution is -2.45. The monoisotopic (exact) mass is 672 g/mol. The Kier molecular flexibility index (Phi) is 9.26. The molecule has 250 valence electrons. The van der Waals surface area contributed by atoms with Crippen LogP contribution in [-0.4, -0.2) is 56.6 Å². The molecule has 1 aliphatic heterocycles. The maximum Gasteiger partial charge on any atom is 0.434 e. The van der Waals surface area contributed by atoms with Crippen molar-refractivity contribution in [1.82, 2.24) is 19.7 Å². The van der Waals surface area contributed by atoms with Crippen LogP contribution in [-0.2, 0) is 19.0 Å². The van der Waals surface area contributed by atoms with E-state index in [0.29, 0.717) is 31.4 Å². The molecule has 2 aromatic heterocycles. The van der Waals surface area contributed by atoms with Crippen molar-refractivity contribution in [2.75, 3.05) is 19.6 Å². The molecule has 2 aromatic carbocycles. The third-order valence-corrected chi connectivity index (χ3v) is 7.54. The number of para-hydroxylation sites is 1. The molecule has 16 heteroatoms. The second-order valence-corrected chi connectivity index (χ2v) is 10.9. The van der Waals surface area contributed by atoms with E-state index < -0.39 is 59.3 Å². The van der Waals surface area contributed by atoms with Crippen LogP contribution in [0.4, 0.5) is 39.5 Å². The van der Waals surface area contributed by atoms with Crippen LogP contribution in [0.25, 0.3) is 17.1 Å². The summed E-state index contributed by atoms with van der Waals surface area (Å²) in [4.78, 5) is 17.4. The van der Waals surface area contributed by atoms with Crippen LogP contribution in [0, 0.1) is 0 Å². The molecule has 0 radical (unpaired) electrons. The fraction of sp³-hybridized carbons (Fsp3) is 0.323. The standard InChI is InChI=1S/C31H25F9N4O3/c32-29(33,34)12-3-13-43-15-20(16-43)19-10-8-18(9-11-19)17-47-26-21(4-1-5-23(26)30(35,36)37)24-6-2-7-25(42-24)44-27(31(38,39)40)22(14-41-44)28(45)46/h1-2,4-11,14,20H,3,12-13,15-17H2,(H,45,46). The summed E-state index contributed by atoms with van der Waals surface area (Å²) < 4.78 is 127. The fourth-order valence-electron chi connectivity index (χ4n) is 5.27. The number of rotatable bonds is 10. The van der Waals surface area contributed by atoms with E-state index in [1.807, 2.05) is 4.90 Å². The van der Waals surface area contributed by atoms with Crippen LogP contribution < -0.4 is 4.74 Å². The zero-order chi connectivity index (χ0) is 34.1. The topological polar surface area (TPSA) is 80.5 Å². The summed E-state index contributed by atoms with van der Waals surface area (Å²) in [5.74, 6) is -2.89. The Balaban J connectivity index is 1.36. The molecule has 1 fully saturated rings. The summed E-state index contributed by atoms with van der Waals surface area (Å²) in [5, 5.41) is 12.7. The molecule has 0 bridgehead atoms. The lowest BCUT2D eigenvalue weighted by atomic mass is 9.90. The molecule has 0 aliphatic carbocycles. The van der Waals surface area contributed by atoms with Crippen LogP contribution in [0.15, 0.2) is 66.9 Å². The summed E-state index contributed by atoms with van der Waals surface area (Å²) >= 11 is 0. The lowest BCUT2D eigenvalue weighted by molar-refractivity contribution is -0.143. The van der Waals surface area contributed by atoms with E-state index in [0.717, 1.165) is 23.8 Å². The predicted octanol–water partition coefficient (Wildman–Crippen LogP) is 7.99. The minimum absolute atomic E-state index is 0.0111. The number of hydrogen-bond donors (Lipinski definition) is 1. The number of benzene rings is 2. The highest BCUT2D eigenvalue weighted by atomic mass is 19.4. The normalized spacial score (nSPS) is 14.7. The van der Waals surface area contributed by atoms with Crippen molar-refractivity contribution in [3.8, 4) is 22.8 Å². The molecule has 4 aromatic rings. The second kappa shape index (κ2) is 12.9. The number of ether oxygens (including phenoxy) is 1. The van der Waals surface area contributed by atoms with E-state index in [1.54, 1.807) is 24.3 Å². The first-order valence-electron chi connectivity index (χ1n) is 14.1. The minimum atomic E-state index is -5.14. The molecule has 0 unspecified atom stereocenters. The van der Waals surface area contributed by atoms with E-state index in [2.05, 4.69) is 10.1 Å². The Morgan fingerprint density at radius 3 is 2.19 bits per heavy atom. The summed E-state index contributed by atoms with van der Waals surface area (Å²) in [5.41, 5.74) is -2.85. The third-order valence-electron chi connectivity index (χ3n) is 7.54. The Bertz CT molecular complexity index is 1730. The molecule has 1 saturated heterocycles. The van der Waals surface area contributed by atoms with Gasteiger partial charge in [-0.3, -0.25) is 0 Å². The average Bonchev–Trinajstić information content (AvgIpc) is 3.43. The molecule has 0 spiro atoms. The summed E-state index contributed by atoms with van der Waals surface area (Å²) in [6, 6.07) is 13.6. The van der Waals surface area contributed by atoms with Gasteiger partial charge < -0.3 is 14.7 Å². The van der Waals surface area contributed by atoms with Crippen LogP contribution >= 0.6 is 0 Å². The minimum Gasteiger partial charge on any atom is -0.488 e. The SMILES string of the molecule is O=C(O)c1cnn(-c2cccc(-c3cccc(C(F)(F)F)c3OCc3ccc(C4CN(CCCC(F)(F)F)C4)cc3)n2)c1C(F)(F)F. The van der Waals surface area contributed by atoms with Crippen molar-refractivity contribution in [3.05, 3.63) is 94.8 Å². The smallest absolute Gasteiger partial charge is 0.434 e. The number of aromatic carboxylic acids is 1. The van der Waals surface area contributed by atoms with Crippen molar-refractivity contribution >= 4 is 5.97 Å². The van der Waals surface area contributed by atoms with Gasteiger partial charge in [-0.25, -0.2) is 14.5 Å². The van der Waals surface area contributed by atoms with Crippen LogP contribution in [0.2, 0.25) is 0 Å². The van der Waals surface area contributed by atoms with Gasteiger partial charge in [0.2, 0.25) is 0 Å². The van der Waals surface area contributed by atoms with Crippen molar-refractivity contribution in [3.63, 3.8) is 0 Å². The molecule has 1 aliphatic rings. The van der Waals surface area contributed by atoms with Crippen LogP contribution in [0.1, 0.15) is 51.5 Å². The van der Waals surface area contributed by atoms with E-state index >= 15 is 0 Å². The van der Waals surface area contributed by atoms with Gasteiger partial charge in [-0.15, -0.1) is 0 Å². The number of nitrogens with zero attached hydrogens (tertiary/aromatic N) is 4. The van der Waals surface area contributed by atoms with Gasteiger partial charge >= 0.3 is 24.5 Å². The first-order valence-corrected chi connectivity index (χ1v) is 14.1. The van der Waals surface area contributed by atoms with Crippen molar-refractivity contribution < 1.29 is 54.2 Å². The van der Waals surface area contributed by atoms with Gasteiger partial charge in [-0.2, -0.15) is 44.6 Å². The van der Waals surface area contributed by atoms with Gasteiger partial charge in [-0.05, 0) is 48.4 Å². The molecule has 1 N–H and O–H groups in total. The third kappa shape index (κ3) is 7.86. The molecule has 0 saturated carbocycles. The van der Waals surface area contributed by atoms with Gasteiger partial charge in [0.25, 0.3) is 0 Å². The summed E-state index contributed by atoms with van der Waals surface area (Å²) in [6.07, 6.45) is -14.5. The molecule has 5 rings (SSSR count). The lowest BCUT2D eigenvalue weighted by Gasteiger charge is -2.39. The van der Waals surface area contributed by atoms with Crippen molar-refractivity contribution in [1.29, 1.82) is 0 Å². The van der Waals surface area contributed by atoms with Crippen LogP contribution in [0.5, 0.6) is 5.75 Å². The van der Waals surface area contributed by atoms with E-state index in [-0.39, 0.29) is 34.9 Å². The Hall–Kier alpha value is -4.60. The Morgan fingerprint density at radius 2 is 1.57 bits per heavy atom. The molecular weight excluding hydrogens is 647 g/mol. The van der Waals surface area contributed by atoms with E-state index in [9.17, 15) is 49.4 Å². The Labute approximate surface area is 261 Å². The molecule has 0 amide bonds. The Morgan fingerprint density at radius 1 is 0.894 bits per heavy atom. The van der Waals surface area contributed by atoms with Gasteiger partial charge in [0.15, 0.2) is 11.5 Å². The quantitative estimate of drug-likeness (QED) is 0.172. The van der Waals surface area contributed by atoms with Crippen LogP contribution in [0.3, 0.4) is 0 Å². The highest BCUT2D eigenvalue weighted by Gasteiger charge is 2.41. The van der Waals surface area contributed by atoms with Gasteiger partial charge in [0, 0.05) is 31.0 Å². The van der Waals surface area contributed by atoms with Gasteiger partial charge in [0.05, 0.1) is 17.5 Å². The van der Waals surface area contributed by atoms with Crippen molar-refractivity contribution in [2.24, 2.45) is 0 Å². The highest BCUT2D eigenvalue weighted by molar-refractivity contribution is 5.89. The number of likely N-dealkylation sites (tertiary alicyclic amines) is 1. The zero-order valence-corrected chi connectivity index (χ0v) is 24.1. The first-order chi connectivity index (χ1) is 22.0. The fourth-order valence-corrected chi connectivity index (χ4v) is 5.27. The largest absolute Gasteiger partial charge is 0.488 e. The molecular formula is C31H25F9N4O3. The summed E-state index contributed by atoms with van der Waals surface area (Å²) in [6.45, 7) is 1.19. The number of hydrogen-bond acceptors (Lipinski definition) is 5. The number of halogens is 9. The number of aromatic nitrogens is 3. The number of carbonyl (C=O) groups is 1. The number of pyridine rings is 1. The maximum absolute atomic E-state index is 14.1. The molecule has 7 nitrogen and oxygen atoms in total. The van der Waals surface area contributed by atoms with E-state index in [1.165, 1.54) is 18.2 Å². The second-order valence-electron chi connectivity index (χ2n) is 10.9. The number of alkyl halides is 9. The zero-order valence-electron chi connectivity index (χ0n) is 24.1. The first kappa shape index (κ1) is 33.8. The van der Waals surface area contributed by atoms with Gasteiger partial charge in [-0.1, -0.05) is 36.4 Å².